The molecule has 0 spiro atoms. The van der Waals surface area contributed by atoms with Crippen molar-refractivity contribution in [2.24, 2.45) is 0 Å². The number of urea groups is 1. The molecule has 7 heteroatoms. The molecule has 0 bridgehead atoms. The van der Waals surface area contributed by atoms with Gasteiger partial charge in [-0.1, -0.05) is 18.0 Å². The molecule has 140 valence electrons. The highest BCUT2D eigenvalue weighted by Gasteiger charge is 2.34. The van der Waals surface area contributed by atoms with Crippen LogP contribution in [0.4, 0.5) is 10.6 Å². The molecule has 3 heterocycles. The molecule has 2 aliphatic rings. The van der Waals surface area contributed by atoms with Crippen molar-refractivity contribution >= 4 is 11.8 Å². The molecule has 26 heavy (non-hydrogen) atoms. The molecule has 0 unspecified atom stereocenters. The van der Waals surface area contributed by atoms with Crippen LogP contribution < -0.4 is 5.32 Å². The Kier molecular flexibility index (Phi) is 4.46. The minimum absolute atomic E-state index is 0.0326. The van der Waals surface area contributed by atoms with Crippen molar-refractivity contribution in [3.8, 4) is 0 Å². The van der Waals surface area contributed by atoms with Crippen molar-refractivity contribution in [1.82, 2.24) is 19.8 Å². The van der Waals surface area contributed by atoms with E-state index in [2.05, 4.69) is 15.6 Å². The fourth-order valence-electron chi connectivity index (χ4n) is 4.49. The van der Waals surface area contributed by atoms with Crippen LogP contribution >= 0.6 is 0 Å². The molecule has 1 N–H and O–H groups in total. The molecule has 2 fully saturated rings. The zero-order chi connectivity index (χ0) is 18.3. The van der Waals surface area contributed by atoms with Gasteiger partial charge in [-0.05, 0) is 46.5 Å². The number of nitrogens with one attached hydrogen (secondary N) is 1. The summed E-state index contributed by atoms with van der Waals surface area (Å²) in [5, 5.41) is 11.8. The SMILES string of the molecule is Cc1cc(NC(=O)N2CCC[C@@H]2c2c(C)noc2C)n(C2CCCC2)n1. The van der Waals surface area contributed by atoms with E-state index in [0.717, 1.165) is 60.8 Å². The summed E-state index contributed by atoms with van der Waals surface area (Å²) in [6.07, 6.45) is 6.67. The number of carbonyl (C=O) groups is 1. The third kappa shape index (κ3) is 2.99. The monoisotopic (exact) mass is 357 g/mol. The summed E-state index contributed by atoms with van der Waals surface area (Å²) in [5.41, 5.74) is 2.87. The lowest BCUT2D eigenvalue weighted by Crippen LogP contribution is -2.35. The van der Waals surface area contributed by atoms with Gasteiger partial charge in [0.2, 0.25) is 0 Å². The first-order chi connectivity index (χ1) is 12.5. The van der Waals surface area contributed by atoms with Gasteiger partial charge in [-0.15, -0.1) is 0 Å². The largest absolute Gasteiger partial charge is 0.361 e. The van der Waals surface area contributed by atoms with Crippen molar-refractivity contribution < 1.29 is 9.32 Å². The molecule has 1 aliphatic carbocycles. The van der Waals surface area contributed by atoms with Crippen LogP contribution in [0.1, 0.15) is 73.3 Å². The minimum Gasteiger partial charge on any atom is -0.361 e. The molecule has 1 saturated carbocycles. The van der Waals surface area contributed by atoms with E-state index in [9.17, 15) is 4.79 Å². The standard InChI is InChI=1S/C19H27N5O2/c1-12-11-17(24(21-12)15-7-4-5-8-15)20-19(25)23-10-6-9-16(23)18-13(2)22-26-14(18)3/h11,15-16H,4-10H2,1-3H3,(H,20,25)/t16-/m1/s1. The van der Waals surface area contributed by atoms with Crippen molar-refractivity contribution in [1.29, 1.82) is 0 Å². The molecule has 4 rings (SSSR count). The molecule has 1 aliphatic heterocycles. The maximum Gasteiger partial charge on any atom is 0.323 e. The van der Waals surface area contributed by atoms with E-state index < -0.39 is 0 Å². The highest BCUT2D eigenvalue weighted by atomic mass is 16.5. The highest BCUT2D eigenvalue weighted by Crippen LogP contribution is 2.36. The van der Waals surface area contributed by atoms with Crippen LogP contribution in [0.2, 0.25) is 0 Å². The van der Waals surface area contributed by atoms with Crippen molar-refractivity contribution in [3.63, 3.8) is 0 Å². The minimum atomic E-state index is -0.0633. The van der Waals surface area contributed by atoms with Crippen LogP contribution in [0.5, 0.6) is 0 Å². The average Bonchev–Trinajstić information content (AvgIpc) is 3.35. The van der Waals surface area contributed by atoms with E-state index in [1.165, 1.54) is 12.8 Å². The molecule has 0 radical (unpaired) electrons. The van der Waals surface area contributed by atoms with Gasteiger partial charge in [-0.3, -0.25) is 5.32 Å². The van der Waals surface area contributed by atoms with E-state index >= 15 is 0 Å². The summed E-state index contributed by atoms with van der Waals surface area (Å²) in [6, 6.07) is 2.34. The van der Waals surface area contributed by atoms with Crippen LogP contribution in [0.3, 0.4) is 0 Å². The number of hydrogen-bond acceptors (Lipinski definition) is 4. The Morgan fingerprint density at radius 3 is 2.65 bits per heavy atom. The van der Waals surface area contributed by atoms with Gasteiger partial charge in [0.25, 0.3) is 0 Å². The molecule has 2 aromatic rings. The van der Waals surface area contributed by atoms with Gasteiger partial charge >= 0.3 is 6.03 Å². The van der Waals surface area contributed by atoms with Crippen LogP contribution in [-0.2, 0) is 0 Å². The van der Waals surface area contributed by atoms with E-state index in [1.54, 1.807) is 0 Å². The van der Waals surface area contributed by atoms with Gasteiger partial charge in [0, 0.05) is 18.2 Å². The van der Waals surface area contributed by atoms with Gasteiger partial charge < -0.3 is 9.42 Å². The van der Waals surface area contributed by atoms with E-state index in [-0.39, 0.29) is 12.1 Å². The Hall–Kier alpha value is -2.31. The van der Waals surface area contributed by atoms with Crippen molar-refractivity contribution in [3.05, 3.63) is 28.8 Å². The zero-order valence-corrected chi connectivity index (χ0v) is 15.8. The Bertz CT molecular complexity index is 783. The second-order valence-corrected chi connectivity index (χ2v) is 7.57. The maximum atomic E-state index is 13.0. The number of nitrogens with zero attached hydrogens (tertiary/aromatic N) is 4. The maximum absolute atomic E-state index is 13.0. The van der Waals surface area contributed by atoms with Gasteiger partial charge in [0.1, 0.15) is 11.6 Å². The third-order valence-electron chi connectivity index (χ3n) is 5.70. The van der Waals surface area contributed by atoms with E-state index in [1.807, 2.05) is 36.4 Å². The average molecular weight is 357 g/mol. The lowest BCUT2D eigenvalue weighted by Gasteiger charge is -2.25. The Morgan fingerprint density at radius 1 is 1.19 bits per heavy atom. The number of amides is 2. The van der Waals surface area contributed by atoms with Gasteiger partial charge in [-0.2, -0.15) is 5.10 Å². The van der Waals surface area contributed by atoms with Crippen LogP contribution in [0.25, 0.3) is 0 Å². The van der Waals surface area contributed by atoms with E-state index in [0.29, 0.717) is 6.04 Å². The quantitative estimate of drug-likeness (QED) is 0.889. The third-order valence-corrected chi connectivity index (χ3v) is 5.70. The van der Waals surface area contributed by atoms with Crippen molar-refractivity contribution in [2.45, 2.75) is 71.4 Å². The molecule has 1 saturated heterocycles. The number of rotatable bonds is 3. The second kappa shape index (κ2) is 6.78. The topological polar surface area (TPSA) is 76.2 Å². The molecule has 2 amide bonds. The molecular weight excluding hydrogens is 330 g/mol. The summed E-state index contributed by atoms with van der Waals surface area (Å²) in [5.74, 6) is 1.61. The number of aryl methyl sites for hydroxylation is 3. The number of aromatic nitrogens is 3. The van der Waals surface area contributed by atoms with Crippen LogP contribution in [-0.4, -0.2) is 32.4 Å². The Morgan fingerprint density at radius 2 is 1.96 bits per heavy atom. The lowest BCUT2D eigenvalue weighted by molar-refractivity contribution is 0.206. The molecule has 0 aromatic carbocycles. The summed E-state index contributed by atoms with van der Waals surface area (Å²) < 4.78 is 7.34. The fraction of sp³-hybridized carbons (Fsp3) is 0.632. The predicted molar refractivity (Wildman–Crippen MR) is 98.1 cm³/mol. The van der Waals surface area contributed by atoms with Crippen molar-refractivity contribution in [2.75, 3.05) is 11.9 Å². The normalized spacial score (nSPS) is 20.9. The number of hydrogen-bond donors (Lipinski definition) is 1. The first-order valence-corrected chi connectivity index (χ1v) is 9.61. The summed E-state index contributed by atoms with van der Waals surface area (Å²) in [6.45, 7) is 6.59. The van der Waals surface area contributed by atoms with Gasteiger partial charge in [-0.25, -0.2) is 9.48 Å². The molecule has 1 atom stereocenters. The number of likely N-dealkylation sites (tertiary alicyclic amines) is 1. The smallest absolute Gasteiger partial charge is 0.323 e. The molecule has 7 nitrogen and oxygen atoms in total. The Labute approximate surface area is 153 Å². The first-order valence-electron chi connectivity index (χ1n) is 9.61. The second-order valence-electron chi connectivity index (χ2n) is 7.57. The number of carbonyl (C=O) groups excluding carboxylic acids is 1. The van der Waals surface area contributed by atoms with E-state index in [4.69, 9.17) is 4.52 Å². The highest BCUT2D eigenvalue weighted by molar-refractivity contribution is 5.89. The summed E-state index contributed by atoms with van der Waals surface area (Å²) in [7, 11) is 0. The van der Waals surface area contributed by atoms with Crippen LogP contribution in [0.15, 0.2) is 10.6 Å². The number of anilines is 1. The first kappa shape index (κ1) is 17.1. The molecular formula is C19H27N5O2. The zero-order valence-electron chi connectivity index (χ0n) is 15.8. The summed E-state index contributed by atoms with van der Waals surface area (Å²) in [4.78, 5) is 15.0. The Balaban J connectivity index is 1.55. The van der Waals surface area contributed by atoms with Gasteiger partial charge in [0.05, 0.1) is 23.5 Å². The summed E-state index contributed by atoms with van der Waals surface area (Å²) >= 11 is 0. The van der Waals surface area contributed by atoms with Crippen LogP contribution in [0, 0.1) is 20.8 Å². The predicted octanol–water partition coefficient (Wildman–Crippen LogP) is 4.28. The van der Waals surface area contributed by atoms with Gasteiger partial charge in [0.15, 0.2) is 0 Å². The lowest BCUT2D eigenvalue weighted by atomic mass is 10.0. The molecule has 2 aromatic heterocycles. The fourth-order valence-corrected chi connectivity index (χ4v) is 4.49.